The Hall–Kier alpha value is -3.36. The van der Waals surface area contributed by atoms with E-state index < -0.39 is 11.9 Å². The maximum Gasteiger partial charge on any atom is 0.310 e. The van der Waals surface area contributed by atoms with Gasteiger partial charge in [-0.05, 0) is 29.9 Å². The molecule has 5 rings (SSSR count). The summed E-state index contributed by atoms with van der Waals surface area (Å²) in [5.74, 6) is -1.16. The molecule has 2 aliphatic carbocycles. The smallest absolute Gasteiger partial charge is 0.310 e. The van der Waals surface area contributed by atoms with Gasteiger partial charge < -0.3 is 19.5 Å². The van der Waals surface area contributed by atoms with Crippen molar-refractivity contribution in [2.75, 3.05) is 32.2 Å². The van der Waals surface area contributed by atoms with Crippen LogP contribution in [0.25, 0.3) is 0 Å². The monoisotopic (exact) mass is 426 g/mol. The fourth-order valence-electron chi connectivity index (χ4n) is 5.07. The predicted octanol–water partition coefficient (Wildman–Crippen LogP) is 0.919. The maximum absolute atomic E-state index is 12.8. The van der Waals surface area contributed by atoms with Crippen molar-refractivity contribution in [1.82, 2.24) is 4.90 Å². The quantitative estimate of drug-likeness (QED) is 0.423. The largest absolute Gasteiger partial charge is 0.486 e. The predicted molar refractivity (Wildman–Crippen MR) is 106 cm³/mol. The molecule has 2 aliphatic heterocycles. The van der Waals surface area contributed by atoms with E-state index in [1.54, 1.807) is 12.1 Å². The molecule has 9 nitrogen and oxygen atoms in total. The van der Waals surface area contributed by atoms with E-state index in [1.165, 1.54) is 7.11 Å². The normalized spacial score (nSPS) is 27.5. The lowest BCUT2D eigenvalue weighted by Crippen LogP contribution is -2.39. The van der Waals surface area contributed by atoms with Crippen molar-refractivity contribution in [3.63, 3.8) is 0 Å². The number of fused-ring (bicyclic) bond motifs is 6. The van der Waals surface area contributed by atoms with Crippen LogP contribution in [0.1, 0.15) is 12.0 Å². The molecule has 2 heterocycles. The van der Waals surface area contributed by atoms with E-state index in [2.05, 4.69) is 5.32 Å². The number of carbonyl (C=O) groups excluding carboxylic acids is 4. The Balaban J connectivity index is 1.34. The molecule has 1 saturated heterocycles. The number of benzene rings is 1. The van der Waals surface area contributed by atoms with Gasteiger partial charge in [-0.1, -0.05) is 12.2 Å². The SMILES string of the molecule is COC(=O)Cc1cc2c(cc1NC(=O)CN1C(=O)[C@@H]3[C@H](C1=O)[C@H]1C=C[C@H]3C1)OCCO2. The van der Waals surface area contributed by atoms with Gasteiger partial charge in [0.2, 0.25) is 17.7 Å². The average molecular weight is 426 g/mol. The Bertz CT molecular complexity index is 987. The fourth-order valence-corrected chi connectivity index (χ4v) is 5.07. The summed E-state index contributed by atoms with van der Waals surface area (Å²) in [6, 6.07) is 3.21. The van der Waals surface area contributed by atoms with Crippen molar-refractivity contribution in [3.05, 3.63) is 29.8 Å². The van der Waals surface area contributed by atoms with Crippen LogP contribution in [0.5, 0.6) is 11.5 Å². The number of nitrogens with one attached hydrogen (secondary N) is 1. The molecular formula is C22H22N2O7. The van der Waals surface area contributed by atoms with Crippen LogP contribution in [0.3, 0.4) is 0 Å². The number of rotatable bonds is 5. The summed E-state index contributed by atoms with van der Waals surface area (Å²) in [6.07, 6.45) is 4.77. The van der Waals surface area contributed by atoms with Gasteiger partial charge in [0, 0.05) is 11.8 Å². The molecule has 4 atom stereocenters. The zero-order valence-corrected chi connectivity index (χ0v) is 17.0. The highest BCUT2D eigenvalue weighted by atomic mass is 16.6. The molecule has 4 aliphatic rings. The average Bonchev–Trinajstić information content (AvgIpc) is 3.44. The van der Waals surface area contributed by atoms with Crippen LogP contribution >= 0.6 is 0 Å². The topological polar surface area (TPSA) is 111 Å². The summed E-state index contributed by atoms with van der Waals surface area (Å²) >= 11 is 0. The molecule has 1 aromatic carbocycles. The number of carbonyl (C=O) groups is 4. The van der Waals surface area contributed by atoms with Gasteiger partial charge in [-0.3, -0.25) is 24.1 Å². The van der Waals surface area contributed by atoms with E-state index in [0.29, 0.717) is 36.0 Å². The third-order valence-corrected chi connectivity index (χ3v) is 6.47. The molecule has 2 fully saturated rings. The van der Waals surface area contributed by atoms with Crippen LogP contribution < -0.4 is 14.8 Å². The number of ether oxygens (including phenoxy) is 3. The second-order valence-corrected chi connectivity index (χ2v) is 8.22. The zero-order chi connectivity index (χ0) is 21.7. The molecule has 0 spiro atoms. The van der Waals surface area contributed by atoms with E-state index >= 15 is 0 Å². The Morgan fingerprint density at radius 1 is 1.06 bits per heavy atom. The molecule has 31 heavy (non-hydrogen) atoms. The standard InChI is InChI=1S/C22H22N2O7/c1-29-18(26)8-13-7-15-16(31-5-4-30-15)9-14(13)23-17(25)10-24-21(27)19-11-2-3-12(6-11)20(19)22(24)28/h2-3,7,9,11-12,19-20H,4-6,8,10H2,1H3,(H,23,25)/t11-,12-,19-,20+/m0/s1. The highest BCUT2D eigenvalue weighted by Gasteiger charge is 2.59. The van der Waals surface area contributed by atoms with E-state index in [9.17, 15) is 19.2 Å². The second-order valence-electron chi connectivity index (χ2n) is 8.22. The lowest BCUT2D eigenvalue weighted by atomic mass is 9.85. The molecule has 0 aromatic heterocycles. The van der Waals surface area contributed by atoms with Crippen molar-refractivity contribution in [2.24, 2.45) is 23.7 Å². The lowest BCUT2D eigenvalue weighted by molar-refractivity contribution is -0.143. The summed E-state index contributed by atoms with van der Waals surface area (Å²) < 4.78 is 15.8. The van der Waals surface area contributed by atoms with Crippen LogP contribution in [-0.4, -0.2) is 55.5 Å². The van der Waals surface area contributed by atoms with Crippen LogP contribution in [-0.2, 0) is 30.3 Å². The van der Waals surface area contributed by atoms with Crippen molar-refractivity contribution < 1.29 is 33.4 Å². The van der Waals surface area contributed by atoms with Crippen molar-refractivity contribution in [3.8, 4) is 11.5 Å². The third-order valence-electron chi connectivity index (χ3n) is 6.47. The summed E-state index contributed by atoms with van der Waals surface area (Å²) in [7, 11) is 1.28. The number of imide groups is 1. The Morgan fingerprint density at radius 3 is 2.29 bits per heavy atom. The number of likely N-dealkylation sites (tertiary alicyclic amines) is 1. The molecule has 1 saturated carbocycles. The first-order valence-corrected chi connectivity index (χ1v) is 10.3. The van der Waals surface area contributed by atoms with E-state index in [-0.39, 0.29) is 48.5 Å². The first-order valence-electron chi connectivity index (χ1n) is 10.3. The number of amides is 3. The van der Waals surface area contributed by atoms with Gasteiger partial charge in [0.1, 0.15) is 19.8 Å². The fraction of sp³-hybridized carbons (Fsp3) is 0.455. The highest BCUT2D eigenvalue weighted by Crippen LogP contribution is 2.52. The lowest BCUT2D eigenvalue weighted by Gasteiger charge is -2.22. The maximum atomic E-state index is 12.8. The van der Waals surface area contributed by atoms with Crippen LogP contribution in [0.2, 0.25) is 0 Å². The number of hydrogen-bond acceptors (Lipinski definition) is 7. The van der Waals surface area contributed by atoms with Gasteiger partial charge in [0.25, 0.3) is 0 Å². The highest BCUT2D eigenvalue weighted by molar-refractivity contribution is 6.09. The molecular weight excluding hydrogens is 404 g/mol. The number of nitrogens with zero attached hydrogens (tertiary/aromatic N) is 1. The Morgan fingerprint density at radius 2 is 1.68 bits per heavy atom. The number of esters is 1. The number of allylic oxidation sites excluding steroid dienone is 2. The van der Waals surface area contributed by atoms with Gasteiger partial charge in [-0.25, -0.2) is 0 Å². The van der Waals surface area contributed by atoms with Gasteiger partial charge in [-0.2, -0.15) is 0 Å². The van der Waals surface area contributed by atoms with Gasteiger partial charge in [0.15, 0.2) is 11.5 Å². The molecule has 1 N–H and O–H groups in total. The minimum Gasteiger partial charge on any atom is -0.486 e. The summed E-state index contributed by atoms with van der Waals surface area (Å²) in [6.45, 7) is 0.387. The van der Waals surface area contributed by atoms with Gasteiger partial charge in [0.05, 0.1) is 25.4 Å². The minimum absolute atomic E-state index is 0.0799. The van der Waals surface area contributed by atoms with E-state index in [4.69, 9.17) is 14.2 Å². The summed E-state index contributed by atoms with van der Waals surface area (Å²) in [4.78, 5) is 51.3. The van der Waals surface area contributed by atoms with Crippen LogP contribution in [0.15, 0.2) is 24.3 Å². The first-order chi connectivity index (χ1) is 15.0. The molecule has 2 bridgehead atoms. The van der Waals surface area contributed by atoms with Crippen LogP contribution in [0.4, 0.5) is 5.69 Å². The Labute approximate surface area is 178 Å². The summed E-state index contributed by atoms with van der Waals surface area (Å²) in [5.41, 5.74) is 0.836. The van der Waals surface area contributed by atoms with Crippen molar-refractivity contribution in [1.29, 1.82) is 0 Å². The molecule has 3 amide bonds. The van der Waals surface area contributed by atoms with Crippen LogP contribution in [0, 0.1) is 23.7 Å². The third kappa shape index (κ3) is 3.24. The van der Waals surface area contributed by atoms with E-state index in [1.807, 2.05) is 12.2 Å². The Kier molecular flexibility index (Phi) is 4.68. The summed E-state index contributed by atoms with van der Waals surface area (Å²) in [5, 5.41) is 2.72. The van der Waals surface area contributed by atoms with E-state index in [0.717, 1.165) is 11.3 Å². The van der Waals surface area contributed by atoms with Gasteiger partial charge in [-0.15, -0.1) is 0 Å². The van der Waals surface area contributed by atoms with Gasteiger partial charge >= 0.3 is 5.97 Å². The minimum atomic E-state index is -0.523. The first kappa shape index (κ1) is 19.6. The molecule has 1 aromatic rings. The molecule has 0 unspecified atom stereocenters. The number of methoxy groups -OCH3 is 1. The molecule has 162 valence electrons. The van der Waals surface area contributed by atoms with Crippen molar-refractivity contribution >= 4 is 29.4 Å². The number of hydrogen-bond donors (Lipinski definition) is 1. The number of anilines is 1. The second kappa shape index (κ2) is 7.40. The zero-order valence-electron chi connectivity index (χ0n) is 17.0. The van der Waals surface area contributed by atoms with Crippen molar-refractivity contribution in [2.45, 2.75) is 12.8 Å². The molecule has 0 radical (unpaired) electrons. The molecule has 9 heteroatoms.